The topological polar surface area (TPSA) is 31.1 Å². The van der Waals surface area contributed by atoms with Crippen LogP contribution in [-0.2, 0) is 13.1 Å². The van der Waals surface area contributed by atoms with Crippen molar-refractivity contribution in [2.75, 3.05) is 19.0 Å². The van der Waals surface area contributed by atoms with Crippen LogP contribution in [0.5, 0.6) is 0 Å². The molecular formula is C18H21N3. The van der Waals surface area contributed by atoms with Gasteiger partial charge in [0.15, 0.2) is 0 Å². The van der Waals surface area contributed by atoms with Crippen LogP contribution in [0.15, 0.2) is 54.7 Å². The van der Waals surface area contributed by atoms with E-state index in [0.29, 0.717) is 0 Å². The van der Waals surface area contributed by atoms with E-state index in [1.807, 2.05) is 6.20 Å². The molecule has 0 bridgehead atoms. The molecule has 1 aromatic heterocycles. The third-order valence-electron chi connectivity index (χ3n) is 3.73. The molecule has 0 amide bonds. The SMILES string of the molecule is CN(C)c1ccc(CNCc2ccc3cc[nH]c3c2)cc1. The largest absolute Gasteiger partial charge is 0.378 e. The van der Waals surface area contributed by atoms with E-state index in [1.165, 1.54) is 27.7 Å². The van der Waals surface area contributed by atoms with Gasteiger partial charge in [0.25, 0.3) is 0 Å². The van der Waals surface area contributed by atoms with Crippen LogP contribution in [-0.4, -0.2) is 19.1 Å². The Hall–Kier alpha value is -2.26. The molecule has 0 atom stereocenters. The van der Waals surface area contributed by atoms with Crippen molar-refractivity contribution in [1.82, 2.24) is 10.3 Å². The molecule has 0 radical (unpaired) electrons. The van der Waals surface area contributed by atoms with Crippen LogP contribution in [0.3, 0.4) is 0 Å². The number of benzene rings is 2. The number of hydrogen-bond acceptors (Lipinski definition) is 2. The van der Waals surface area contributed by atoms with E-state index >= 15 is 0 Å². The summed E-state index contributed by atoms with van der Waals surface area (Å²) in [4.78, 5) is 5.37. The molecule has 0 saturated heterocycles. The number of H-pyrrole nitrogens is 1. The number of hydrogen-bond donors (Lipinski definition) is 2. The molecule has 0 aliphatic heterocycles. The summed E-state index contributed by atoms with van der Waals surface area (Å²) < 4.78 is 0. The number of fused-ring (bicyclic) bond motifs is 1. The minimum absolute atomic E-state index is 0.879. The van der Waals surface area contributed by atoms with Gasteiger partial charge in [0.1, 0.15) is 0 Å². The quantitative estimate of drug-likeness (QED) is 0.748. The molecule has 2 N–H and O–H groups in total. The normalized spacial score (nSPS) is 11.0. The highest BCUT2D eigenvalue weighted by Gasteiger charge is 1.99. The Morgan fingerprint density at radius 3 is 2.38 bits per heavy atom. The lowest BCUT2D eigenvalue weighted by atomic mass is 10.1. The molecule has 0 fully saturated rings. The third-order valence-corrected chi connectivity index (χ3v) is 3.73. The lowest BCUT2D eigenvalue weighted by Crippen LogP contribution is -2.13. The van der Waals surface area contributed by atoms with E-state index < -0.39 is 0 Å². The van der Waals surface area contributed by atoms with Crippen LogP contribution in [0.4, 0.5) is 5.69 Å². The van der Waals surface area contributed by atoms with Crippen LogP contribution < -0.4 is 10.2 Å². The van der Waals surface area contributed by atoms with Gasteiger partial charge in [-0.1, -0.05) is 24.3 Å². The second kappa shape index (κ2) is 6.02. The lowest BCUT2D eigenvalue weighted by Gasteiger charge is -2.13. The monoisotopic (exact) mass is 279 g/mol. The van der Waals surface area contributed by atoms with E-state index in [4.69, 9.17) is 0 Å². The number of rotatable bonds is 5. The van der Waals surface area contributed by atoms with Gasteiger partial charge in [-0.2, -0.15) is 0 Å². The van der Waals surface area contributed by atoms with E-state index in [-0.39, 0.29) is 0 Å². The number of nitrogens with zero attached hydrogens (tertiary/aromatic N) is 1. The molecule has 3 heteroatoms. The van der Waals surface area contributed by atoms with E-state index in [0.717, 1.165) is 13.1 Å². The maximum Gasteiger partial charge on any atom is 0.0457 e. The zero-order valence-electron chi connectivity index (χ0n) is 12.6. The van der Waals surface area contributed by atoms with Crippen molar-refractivity contribution in [3.05, 3.63) is 65.9 Å². The minimum Gasteiger partial charge on any atom is -0.378 e. The zero-order valence-corrected chi connectivity index (χ0v) is 12.6. The van der Waals surface area contributed by atoms with Crippen molar-refractivity contribution in [2.45, 2.75) is 13.1 Å². The summed E-state index contributed by atoms with van der Waals surface area (Å²) in [6.07, 6.45) is 1.98. The second-order valence-corrected chi connectivity index (χ2v) is 5.56. The van der Waals surface area contributed by atoms with Gasteiger partial charge in [0.2, 0.25) is 0 Å². The molecule has 0 aliphatic rings. The van der Waals surface area contributed by atoms with Crippen LogP contribution >= 0.6 is 0 Å². The summed E-state index contributed by atoms with van der Waals surface area (Å²) >= 11 is 0. The Balaban J connectivity index is 1.57. The predicted molar refractivity (Wildman–Crippen MR) is 89.6 cm³/mol. The van der Waals surface area contributed by atoms with Crippen LogP contribution in [0.2, 0.25) is 0 Å². The van der Waals surface area contributed by atoms with Gasteiger partial charge >= 0.3 is 0 Å². The Morgan fingerprint density at radius 1 is 0.905 bits per heavy atom. The van der Waals surface area contributed by atoms with Crippen molar-refractivity contribution in [3.63, 3.8) is 0 Å². The number of nitrogens with one attached hydrogen (secondary N) is 2. The van der Waals surface area contributed by atoms with Crippen molar-refractivity contribution >= 4 is 16.6 Å². The predicted octanol–water partition coefficient (Wildman–Crippen LogP) is 3.52. The summed E-state index contributed by atoms with van der Waals surface area (Å²) in [5, 5.41) is 4.76. The number of aromatic amines is 1. The summed E-state index contributed by atoms with van der Waals surface area (Å²) in [7, 11) is 4.12. The molecule has 21 heavy (non-hydrogen) atoms. The number of aromatic nitrogens is 1. The summed E-state index contributed by atoms with van der Waals surface area (Å²) in [6.45, 7) is 1.76. The van der Waals surface area contributed by atoms with Gasteiger partial charge < -0.3 is 15.2 Å². The molecule has 108 valence electrons. The standard InChI is InChI=1S/C18H21N3/c1-21(2)17-7-4-14(5-8-17)12-19-13-15-3-6-16-9-10-20-18(16)11-15/h3-11,19-20H,12-13H2,1-2H3. The van der Waals surface area contributed by atoms with Crippen LogP contribution in [0.1, 0.15) is 11.1 Å². The second-order valence-electron chi connectivity index (χ2n) is 5.56. The minimum atomic E-state index is 0.879. The maximum atomic E-state index is 3.50. The van der Waals surface area contributed by atoms with Crippen LogP contribution in [0, 0.1) is 0 Å². The molecule has 0 unspecified atom stereocenters. The molecule has 0 spiro atoms. The molecule has 0 aliphatic carbocycles. The molecule has 2 aromatic carbocycles. The Bertz CT molecular complexity index is 711. The van der Waals surface area contributed by atoms with E-state index in [1.54, 1.807) is 0 Å². The molecule has 3 rings (SSSR count). The van der Waals surface area contributed by atoms with Crippen molar-refractivity contribution in [1.29, 1.82) is 0 Å². The molecule has 1 heterocycles. The summed E-state index contributed by atoms with van der Waals surface area (Å²) in [6, 6.07) is 17.3. The lowest BCUT2D eigenvalue weighted by molar-refractivity contribution is 0.694. The average molecular weight is 279 g/mol. The van der Waals surface area contributed by atoms with Gasteiger partial charge in [-0.05, 0) is 40.8 Å². The highest BCUT2D eigenvalue weighted by Crippen LogP contribution is 2.15. The Morgan fingerprint density at radius 2 is 1.62 bits per heavy atom. The average Bonchev–Trinajstić information content (AvgIpc) is 2.95. The van der Waals surface area contributed by atoms with Gasteiger partial charge in [0.05, 0.1) is 0 Å². The van der Waals surface area contributed by atoms with Crippen molar-refractivity contribution in [3.8, 4) is 0 Å². The first kappa shape index (κ1) is 13.7. The Labute approximate surface area is 125 Å². The highest BCUT2D eigenvalue weighted by molar-refractivity contribution is 5.79. The van der Waals surface area contributed by atoms with Crippen molar-refractivity contribution < 1.29 is 0 Å². The van der Waals surface area contributed by atoms with Gasteiger partial charge in [-0.15, -0.1) is 0 Å². The fourth-order valence-electron chi connectivity index (χ4n) is 2.47. The van der Waals surface area contributed by atoms with Gasteiger partial charge in [0, 0.05) is 44.6 Å². The maximum absolute atomic E-state index is 3.50. The molecule has 3 aromatic rings. The zero-order chi connectivity index (χ0) is 14.7. The fraction of sp³-hybridized carbons (Fsp3) is 0.222. The molecule has 3 nitrogen and oxygen atoms in total. The summed E-state index contributed by atoms with van der Waals surface area (Å²) in [5.41, 5.74) is 5.04. The Kier molecular flexibility index (Phi) is 3.93. The number of anilines is 1. The first-order valence-corrected chi connectivity index (χ1v) is 7.25. The van der Waals surface area contributed by atoms with Gasteiger partial charge in [-0.3, -0.25) is 0 Å². The fourth-order valence-corrected chi connectivity index (χ4v) is 2.47. The smallest absolute Gasteiger partial charge is 0.0457 e. The van der Waals surface area contributed by atoms with Gasteiger partial charge in [-0.25, -0.2) is 0 Å². The third kappa shape index (κ3) is 3.26. The van der Waals surface area contributed by atoms with Crippen molar-refractivity contribution in [2.24, 2.45) is 0 Å². The highest BCUT2D eigenvalue weighted by atomic mass is 15.1. The van der Waals surface area contributed by atoms with Crippen LogP contribution in [0.25, 0.3) is 10.9 Å². The first-order chi connectivity index (χ1) is 10.2. The van der Waals surface area contributed by atoms with E-state index in [9.17, 15) is 0 Å². The van der Waals surface area contributed by atoms with E-state index in [2.05, 4.69) is 77.8 Å². The molecule has 0 saturated carbocycles. The summed E-state index contributed by atoms with van der Waals surface area (Å²) in [5.74, 6) is 0. The molecular weight excluding hydrogens is 258 g/mol. The first-order valence-electron chi connectivity index (χ1n) is 7.25.